The van der Waals surface area contributed by atoms with E-state index in [1.165, 1.54) is 0 Å². The Morgan fingerprint density at radius 1 is 1.30 bits per heavy atom. The first kappa shape index (κ1) is 16.5. The van der Waals surface area contributed by atoms with Crippen LogP contribution in [0.2, 0.25) is 0 Å². The van der Waals surface area contributed by atoms with Crippen LogP contribution in [0.3, 0.4) is 0 Å². The van der Waals surface area contributed by atoms with E-state index in [4.69, 9.17) is 0 Å². The zero-order valence-electron chi connectivity index (χ0n) is 12.2. The van der Waals surface area contributed by atoms with Gasteiger partial charge in [-0.1, -0.05) is 31.2 Å². The number of amides is 2. The number of benzene rings is 1. The van der Waals surface area contributed by atoms with Gasteiger partial charge < -0.3 is 10.2 Å². The van der Waals surface area contributed by atoms with Gasteiger partial charge in [-0.3, -0.25) is 0 Å². The van der Waals surface area contributed by atoms with Crippen LogP contribution in [0.5, 0.6) is 0 Å². The average molecular weight is 298 g/mol. The highest BCUT2D eigenvalue weighted by Crippen LogP contribution is 2.09. The fourth-order valence-corrected chi connectivity index (χ4v) is 2.41. The van der Waals surface area contributed by atoms with Gasteiger partial charge in [-0.2, -0.15) is 0 Å². The Bertz CT molecular complexity index is 555. The monoisotopic (exact) mass is 298 g/mol. The summed E-state index contributed by atoms with van der Waals surface area (Å²) in [6.45, 7) is 4.24. The number of hydrogen-bond donors (Lipinski definition) is 1. The second-order valence-electron chi connectivity index (χ2n) is 4.75. The number of hydrogen-bond acceptors (Lipinski definition) is 3. The number of carbonyl (C=O) groups is 1. The molecule has 0 bridgehead atoms. The highest BCUT2D eigenvalue weighted by Gasteiger charge is 2.12. The summed E-state index contributed by atoms with van der Waals surface area (Å²) in [5, 5.41) is 2.62. The van der Waals surface area contributed by atoms with Crippen LogP contribution in [0.15, 0.2) is 24.3 Å². The fraction of sp³-hybridized carbons (Fsp3) is 0.500. The van der Waals surface area contributed by atoms with Crippen molar-refractivity contribution in [1.29, 1.82) is 0 Å². The molecule has 1 aromatic rings. The maximum atomic E-state index is 11.9. The maximum Gasteiger partial charge on any atom is 0.317 e. The third kappa shape index (κ3) is 5.21. The molecule has 0 aliphatic carbocycles. The molecular formula is C14H22N2O3S. The van der Waals surface area contributed by atoms with E-state index in [2.05, 4.69) is 5.32 Å². The summed E-state index contributed by atoms with van der Waals surface area (Å²) >= 11 is 0. The Kier molecular flexibility index (Phi) is 6.01. The first-order chi connectivity index (χ1) is 9.35. The summed E-state index contributed by atoms with van der Waals surface area (Å²) in [4.78, 5) is 13.4. The van der Waals surface area contributed by atoms with Crippen molar-refractivity contribution in [2.45, 2.75) is 20.4 Å². The van der Waals surface area contributed by atoms with Crippen molar-refractivity contribution in [3.63, 3.8) is 0 Å². The van der Waals surface area contributed by atoms with Crippen LogP contribution in [0, 0.1) is 6.92 Å². The number of rotatable bonds is 6. The summed E-state index contributed by atoms with van der Waals surface area (Å²) in [5.74, 6) is 0.0787. The van der Waals surface area contributed by atoms with Gasteiger partial charge in [0.2, 0.25) is 0 Å². The molecule has 5 nitrogen and oxygen atoms in total. The zero-order valence-corrected chi connectivity index (χ0v) is 13.0. The van der Waals surface area contributed by atoms with Crippen molar-refractivity contribution in [3.8, 4) is 0 Å². The van der Waals surface area contributed by atoms with Gasteiger partial charge in [0.05, 0.1) is 5.75 Å². The minimum Gasteiger partial charge on any atom is -0.337 e. The summed E-state index contributed by atoms with van der Waals surface area (Å²) in [5.41, 5.74) is 2.20. The van der Waals surface area contributed by atoms with Gasteiger partial charge in [0, 0.05) is 25.9 Å². The molecule has 0 heterocycles. The van der Waals surface area contributed by atoms with Crippen LogP contribution in [0.4, 0.5) is 4.79 Å². The third-order valence-corrected chi connectivity index (χ3v) is 4.85. The lowest BCUT2D eigenvalue weighted by atomic mass is 10.1. The van der Waals surface area contributed by atoms with Crippen LogP contribution in [0.1, 0.15) is 18.1 Å². The molecule has 2 amide bonds. The largest absolute Gasteiger partial charge is 0.337 e. The third-order valence-electron chi connectivity index (χ3n) is 3.14. The molecule has 112 valence electrons. The number of nitrogens with zero attached hydrogens (tertiary/aromatic N) is 1. The lowest BCUT2D eigenvalue weighted by Gasteiger charge is -2.19. The summed E-state index contributed by atoms with van der Waals surface area (Å²) in [6, 6.07) is 7.59. The summed E-state index contributed by atoms with van der Waals surface area (Å²) in [6.07, 6.45) is 0. The highest BCUT2D eigenvalue weighted by molar-refractivity contribution is 7.91. The van der Waals surface area contributed by atoms with Crippen LogP contribution >= 0.6 is 0 Å². The van der Waals surface area contributed by atoms with Crippen LogP contribution < -0.4 is 5.32 Å². The number of nitrogens with one attached hydrogen (secondary N) is 1. The Labute approximate surface area is 120 Å². The predicted octanol–water partition coefficient (Wildman–Crippen LogP) is 1.57. The van der Waals surface area contributed by atoms with Crippen molar-refractivity contribution in [2.24, 2.45) is 0 Å². The SMILES string of the molecule is CCS(=O)(=O)CCNC(=O)N(C)Cc1ccccc1C. The number of urea groups is 1. The zero-order chi connectivity index (χ0) is 15.2. The molecule has 0 aromatic heterocycles. The summed E-state index contributed by atoms with van der Waals surface area (Å²) < 4.78 is 22.6. The van der Waals surface area contributed by atoms with Crippen LogP contribution in [-0.4, -0.2) is 44.4 Å². The Balaban J connectivity index is 2.46. The van der Waals surface area contributed by atoms with E-state index in [0.29, 0.717) is 6.54 Å². The second-order valence-corrected chi connectivity index (χ2v) is 7.22. The van der Waals surface area contributed by atoms with Gasteiger partial charge in [-0.05, 0) is 18.1 Å². The molecule has 0 saturated heterocycles. The maximum absolute atomic E-state index is 11.9. The predicted molar refractivity (Wildman–Crippen MR) is 80.4 cm³/mol. The van der Waals surface area contributed by atoms with E-state index in [0.717, 1.165) is 11.1 Å². The molecule has 0 spiro atoms. The molecular weight excluding hydrogens is 276 g/mol. The average Bonchev–Trinajstić information content (AvgIpc) is 2.41. The molecule has 1 rings (SSSR count). The van der Waals surface area contributed by atoms with Gasteiger partial charge in [0.25, 0.3) is 0 Å². The molecule has 20 heavy (non-hydrogen) atoms. The van der Waals surface area contributed by atoms with Gasteiger partial charge in [0.15, 0.2) is 9.84 Å². The van der Waals surface area contributed by atoms with Crippen LogP contribution in [0.25, 0.3) is 0 Å². The quantitative estimate of drug-likeness (QED) is 0.867. The van der Waals surface area contributed by atoms with Crippen LogP contribution in [-0.2, 0) is 16.4 Å². The van der Waals surface area contributed by atoms with Crippen molar-refractivity contribution in [2.75, 3.05) is 25.1 Å². The van der Waals surface area contributed by atoms with E-state index in [9.17, 15) is 13.2 Å². The van der Waals surface area contributed by atoms with E-state index in [1.54, 1.807) is 18.9 Å². The highest BCUT2D eigenvalue weighted by atomic mass is 32.2. The molecule has 0 saturated carbocycles. The topological polar surface area (TPSA) is 66.5 Å². The Morgan fingerprint density at radius 3 is 2.55 bits per heavy atom. The Hall–Kier alpha value is -1.56. The minimum absolute atomic E-state index is 0.0204. The molecule has 0 fully saturated rings. The standard InChI is InChI=1S/C14H22N2O3S/c1-4-20(18,19)10-9-15-14(17)16(3)11-13-8-6-5-7-12(13)2/h5-8H,4,9-11H2,1-3H3,(H,15,17). The second kappa shape index (κ2) is 7.28. The van der Waals surface area contributed by atoms with Gasteiger partial charge >= 0.3 is 6.03 Å². The summed E-state index contributed by atoms with van der Waals surface area (Å²) in [7, 11) is -1.35. The fourth-order valence-electron chi connectivity index (χ4n) is 1.71. The van der Waals surface area contributed by atoms with Gasteiger partial charge in [-0.15, -0.1) is 0 Å². The number of aryl methyl sites for hydroxylation is 1. The van der Waals surface area contributed by atoms with Crippen molar-refractivity contribution < 1.29 is 13.2 Å². The smallest absolute Gasteiger partial charge is 0.317 e. The molecule has 0 atom stereocenters. The van der Waals surface area contributed by atoms with E-state index in [-0.39, 0.29) is 24.1 Å². The molecule has 0 aliphatic rings. The molecule has 6 heteroatoms. The molecule has 0 unspecified atom stereocenters. The number of carbonyl (C=O) groups excluding carboxylic acids is 1. The van der Waals surface area contributed by atoms with Gasteiger partial charge in [0.1, 0.15) is 0 Å². The first-order valence-corrected chi connectivity index (χ1v) is 8.41. The first-order valence-electron chi connectivity index (χ1n) is 6.59. The van der Waals surface area contributed by atoms with Gasteiger partial charge in [-0.25, -0.2) is 13.2 Å². The lowest BCUT2D eigenvalue weighted by Crippen LogP contribution is -2.39. The molecule has 1 aromatic carbocycles. The number of sulfone groups is 1. The minimum atomic E-state index is -3.04. The lowest BCUT2D eigenvalue weighted by molar-refractivity contribution is 0.207. The molecule has 0 radical (unpaired) electrons. The van der Waals surface area contributed by atoms with Crippen molar-refractivity contribution in [1.82, 2.24) is 10.2 Å². The van der Waals surface area contributed by atoms with E-state index >= 15 is 0 Å². The molecule has 1 N–H and O–H groups in total. The normalized spacial score (nSPS) is 11.2. The van der Waals surface area contributed by atoms with E-state index < -0.39 is 9.84 Å². The van der Waals surface area contributed by atoms with Crippen molar-refractivity contribution >= 4 is 15.9 Å². The van der Waals surface area contributed by atoms with E-state index in [1.807, 2.05) is 31.2 Å². The Morgan fingerprint density at radius 2 is 1.95 bits per heavy atom. The molecule has 0 aliphatic heterocycles. The van der Waals surface area contributed by atoms with Crippen molar-refractivity contribution in [3.05, 3.63) is 35.4 Å².